The van der Waals surface area contributed by atoms with Crippen LogP contribution in [0.4, 0.5) is 0 Å². The van der Waals surface area contributed by atoms with Crippen LogP contribution >= 0.6 is 11.3 Å². The average Bonchev–Trinajstić information content (AvgIpc) is 2.92. The monoisotopic (exact) mass is 311 g/mol. The zero-order chi connectivity index (χ0) is 15.7. The van der Waals surface area contributed by atoms with Crippen molar-refractivity contribution < 1.29 is 9.84 Å². The molecular weight excluding hydrogens is 294 g/mol. The molecule has 0 aliphatic rings. The molecule has 3 nitrogen and oxygen atoms in total. The van der Waals surface area contributed by atoms with Crippen LogP contribution in [0.2, 0.25) is 0 Å². The third kappa shape index (κ3) is 2.83. The molecule has 0 aliphatic carbocycles. The Balaban J connectivity index is 1.92. The number of nitrogens with zero attached hydrogens (tertiary/aromatic N) is 1. The summed E-state index contributed by atoms with van der Waals surface area (Å²) < 4.78 is 6.34. The van der Waals surface area contributed by atoms with Crippen molar-refractivity contribution in [3.63, 3.8) is 0 Å². The summed E-state index contributed by atoms with van der Waals surface area (Å²) >= 11 is 1.63. The highest BCUT2D eigenvalue weighted by atomic mass is 32.1. The second kappa shape index (κ2) is 5.81. The van der Waals surface area contributed by atoms with Gasteiger partial charge in [0.2, 0.25) is 0 Å². The normalized spacial score (nSPS) is 11.4. The second-order valence-electron chi connectivity index (χ2n) is 5.22. The van der Waals surface area contributed by atoms with Crippen LogP contribution in [0.3, 0.4) is 0 Å². The highest BCUT2D eigenvalue weighted by Crippen LogP contribution is 2.28. The number of benzene rings is 2. The topological polar surface area (TPSA) is 42.4 Å². The van der Waals surface area contributed by atoms with Crippen molar-refractivity contribution in [2.45, 2.75) is 13.8 Å². The van der Waals surface area contributed by atoms with Gasteiger partial charge in [0, 0.05) is 0 Å². The molecule has 0 fully saturated rings. The summed E-state index contributed by atoms with van der Waals surface area (Å²) in [6, 6.07) is 9.82. The molecule has 0 radical (unpaired) electrons. The molecule has 1 aromatic heterocycles. The summed E-state index contributed by atoms with van der Waals surface area (Å²) in [5.41, 5.74) is 3.80. The van der Waals surface area contributed by atoms with Gasteiger partial charge in [-0.1, -0.05) is 6.08 Å². The van der Waals surface area contributed by atoms with Crippen molar-refractivity contribution in [2.75, 3.05) is 7.11 Å². The van der Waals surface area contributed by atoms with E-state index in [1.165, 1.54) is 0 Å². The number of thiazole rings is 1. The third-order valence-corrected chi connectivity index (χ3v) is 4.53. The molecule has 0 atom stereocenters. The molecule has 0 saturated heterocycles. The summed E-state index contributed by atoms with van der Waals surface area (Å²) in [7, 11) is 1.67. The molecule has 3 aromatic rings. The molecule has 0 spiro atoms. The Morgan fingerprint density at radius 2 is 1.82 bits per heavy atom. The van der Waals surface area contributed by atoms with Gasteiger partial charge < -0.3 is 9.84 Å². The maximum atomic E-state index is 9.81. The molecule has 4 heteroatoms. The maximum absolute atomic E-state index is 9.81. The number of phenolic OH excluding ortho intramolecular Hbond substituents is 1. The lowest BCUT2D eigenvalue weighted by Crippen LogP contribution is -1.83. The highest BCUT2D eigenvalue weighted by Gasteiger charge is 2.04. The van der Waals surface area contributed by atoms with Gasteiger partial charge in [0.05, 0.1) is 17.3 Å². The number of hydrogen-bond donors (Lipinski definition) is 1. The number of fused-ring (bicyclic) bond motifs is 1. The van der Waals surface area contributed by atoms with Crippen LogP contribution in [0.5, 0.6) is 11.5 Å². The van der Waals surface area contributed by atoms with E-state index in [-0.39, 0.29) is 0 Å². The van der Waals surface area contributed by atoms with E-state index in [2.05, 4.69) is 4.98 Å². The van der Waals surface area contributed by atoms with E-state index in [4.69, 9.17) is 4.74 Å². The van der Waals surface area contributed by atoms with Gasteiger partial charge in [0.1, 0.15) is 16.5 Å². The predicted octanol–water partition coefficient (Wildman–Crippen LogP) is 4.80. The second-order valence-corrected chi connectivity index (χ2v) is 6.28. The first kappa shape index (κ1) is 14.6. The van der Waals surface area contributed by atoms with Crippen molar-refractivity contribution >= 4 is 33.7 Å². The van der Waals surface area contributed by atoms with Crippen molar-refractivity contribution in [1.82, 2.24) is 4.98 Å². The van der Waals surface area contributed by atoms with Crippen LogP contribution in [0.1, 0.15) is 21.7 Å². The Labute approximate surface area is 133 Å². The van der Waals surface area contributed by atoms with Gasteiger partial charge in [-0.2, -0.15) is 0 Å². The number of ether oxygens (including phenoxy) is 1. The lowest BCUT2D eigenvalue weighted by atomic mass is 10.1. The average molecular weight is 311 g/mol. The van der Waals surface area contributed by atoms with Crippen LogP contribution in [-0.2, 0) is 0 Å². The van der Waals surface area contributed by atoms with E-state index in [9.17, 15) is 5.11 Å². The Morgan fingerprint density at radius 1 is 1.09 bits per heavy atom. The molecule has 2 aromatic carbocycles. The van der Waals surface area contributed by atoms with Crippen LogP contribution < -0.4 is 4.74 Å². The van der Waals surface area contributed by atoms with E-state index in [0.29, 0.717) is 5.75 Å². The molecule has 112 valence electrons. The van der Waals surface area contributed by atoms with Crippen molar-refractivity contribution in [1.29, 1.82) is 0 Å². The fourth-order valence-electron chi connectivity index (χ4n) is 2.37. The highest BCUT2D eigenvalue weighted by molar-refractivity contribution is 7.19. The van der Waals surface area contributed by atoms with Gasteiger partial charge in [-0.05, 0) is 66.9 Å². The SMILES string of the molecule is COc1ccc2nc(/C=C/c3cc(C)c(O)c(C)c3)sc2c1. The molecule has 0 unspecified atom stereocenters. The zero-order valence-corrected chi connectivity index (χ0v) is 13.6. The van der Waals surface area contributed by atoms with Gasteiger partial charge in [-0.15, -0.1) is 11.3 Å². The Hall–Kier alpha value is -2.33. The Bertz CT molecular complexity index is 842. The summed E-state index contributed by atoms with van der Waals surface area (Å²) in [5.74, 6) is 1.21. The molecule has 0 saturated carbocycles. The summed E-state index contributed by atoms with van der Waals surface area (Å²) in [6.07, 6.45) is 4.02. The molecule has 0 bridgehead atoms. The zero-order valence-electron chi connectivity index (χ0n) is 12.8. The molecule has 0 amide bonds. The number of methoxy groups -OCH3 is 1. The number of hydrogen-bond acceptors (Lipinski definition) is 4. The summed E-state index contributed by atoms with van der Waals surface area (Å²) in [6.45, 7) is 3.81. The van der Waals surface area contributed by atoms with Crippen molar-refractivity contribution in [3.8, 4) is 11.5 Å². The lowest BCUT2D eigenvalue weighted by molar-refractivity contribution is 0.415. The molecule has 0 aliphatic heterocycles. The minimum atomic E-state index is 0.365. The number of phenols is 1. The maximum Gasteiger partial charge on any atom is 0.121 e. The quantitative estimate of drug-likeness (QED) is 0.755. The van der Waals surface area contributed by atoms with E-state index in [0.717, 1.165) is 37.7 Å². The predicted molar refractivity (Wildman–Crippen MR) is 92.7 cm³/mol. The number of aromatic nitrogens is 1. The number of aromatic hydroxyl groups is 1. The van der Waals surface area contributed by atoms with Gasteiger partial charge in [0.25, 0.3) is 0 Å². The first-order valence-corrected chi connectivity index (χ1v) is 7.81. The van der Waals surface area contributed by atoms with E-state index >= 15 is 0 Å². The van der Waals surface area contributed by atoms with Gasteiger partial charge in [-0.25, -0.2) is 4.98 Å². The molecule has 22 heavy (non-hydrogen) atoms. The summed E-state index contributed by atoms with van der Waals surface area (Å²) in [4.78, 5) is 4.59. The molecule has 1 N–H and O–H groups in total. The van der Waals surface area contributed by atoms with Gasteiger partial charge >= 0.3 is 0 Å². The van der Waals surface area contributed by atoms with E-state index in [1.807, 2.05) is 56.3 Å². The lowest BCUT2D eigenvalue weighted by Gasteiger charge is -2.04. The standard InChI is InChI=1S/C18H17NO2S/c1-11-8-13(9-12(2)18(11)20)4-7-17-19-15-6-5-14(21-3)10-16(15)22-17/h4-10,20H,1-3H3/b7-4+. The Morgan fingerprint density at radius 3 is 2.50 bits per heavy atom. The van der Waals surface area contributed by atoms with Crippen LogP contribution in [0, 0.1) is 13.8 Å². The van der Waals surface area contributed by atoms with Gasteiger partial charge in [-0.3, -0.25) is 0 Å². The Kier molecular flexibility index (Phi) is 3.86. The number of rotatable bonds is 3. The fourth-order valence-corrected chi connectivity index (χ4v) is 3.27. The van der Waals surface area contributed by atoms with Crippen LogP contribution in [0.25, 0.3) is 22.4 Å². The minimum Gasteiger partial charge on any atom is -0.507 e. The molecular formula is C18H17NO2S. The van der Waals surface area contributed by atoms with Crippen LogP contribution in [-0.4, -0.2) is 17.2 Å². The summed E-state index contributed by atoms with van der Waals surface area (Å²) in [5, 5.41) is 10.8. The van der Waals surface area contributed by atoms with Crippen molar-refractivity contribution in [2.24, 2.45) is 0 Å². The third-order valence-electron chi connectivity index (χ3n) is 3.54. The molecule has 3 rings (SSSR count). The van der Waals surface area contributed by atoms with E-state index < -0.39 is 0 Å². The first-order valence-electron chi connectivity index (χ1n) is 6.99. The smallest absolute Gasteiger partial charge is 0.121 e. The van der Waals surface area contributed by atoms with Gasteiger partial charge in [0.15, 0.2) is 0 Å². The molecule has 1 heterocycles. The fraction of sp³-hybridized carbons (Fsp3) is 0.167. The van der Waals surface area contributed by atoms with Crippen molar-refractivity contribution in [3.05, 3.63) is 52.0 Å². The largest absolute Gasteiger partial charge is 0.507 e. The van der Waals surface area contributed by atoms with E-state index in [1.54, 1.807) is 18.4 Å². The first-order chi connectivity index (χ1) is 10.6. The number of aryl methyl sites for hydroxylation is 2. The van der Waals surface area contributed by atoms with Crippen LogP contribution in [0.15, 0.2) is 30.3 Å². The minimum absolute atomic E-state index is 0.365.